The molecule has 2 aromatic rings. The maximum absolute atomic E-state index is 12.9. The molecule has 0 radical (unpaired) electrons. The van der Waals surface area contributed by atoms with Crippen LogP contribution in [0.1, 0.15) is 42.7 Å². The van der Waals surface area contributed by atoms with Gasteiger partial charge < -0.3 is 10.1 Å². The first-order chi connectivity index (χ1) is 12.8. The van der Waals surface area contributed by atoms with E-state index in [-0.39, 0.29) is 28.2 Å². The van der Waals surface area contributed by atoms with E-state index in [9.17, 15) is 13.2 Å². The number of hydrogen-bond acceptors (Lipinski definition) is 4. The molecule has 1 atom stereocenters. The van der Waals surface area contributed by atoms with Crippen molar-refractivity contribution in [3.8, 4) is 5.75 Å². The Morgan fingerprint density at radius 2 is 1.74 bits per heavy atom. The van der Waals surface area contributed by atoms with Crippen LogP contribution in [0.4, 0.5) is 0 Å². The number of benzene rings is 2. The molecule has 27 heavy (non-hydrogen) atoms. The Balaban J connectivity index is 2.35. The van der Waals surface area contributed by atoms with Crippen molar-refractivity contribution in [2.24, 2.45) is 0 Å². The van der Waals surface area contributed by atoms with Gasteiger partial charge in [-0.2, -0.15) is 4.31 Å². The van der Waals surface area contributed by atoms with Crippen molar-refractivity contribution >= 4 is 15.9 Å². The van der Waals surface area contributed by atoms with E-state index in [2.05, 4.69) is 5.32 Å². The number of nitrogens with one attached hydrogen (secondary N) is 1. The van der Waals surface area contributed by atoms with E-state index in [1.54, 1.807) is 19.9 Å². The van der Waals surface area contributed by atoms with Gasteiger partial charge in [-0.25, -0.2) is 8.42 Å². The monoisotopic (exact) mass is 390 g/mol. The molecule has 0 aliphatic carbocycles. The van der Waals surface area contributed by atoms with Crippen LogP contribution in [0.25, 0.3) is 0 Å². The van der Waals surface area contributed by atoms with Crippen LogP contribution >= 0.6 is 0 Å². The maximum atomic E-state index is 12.9. The molecule has 2 aromatic carbocycles. The third-order valence-corrected chi connectivity index (χ3v) is 6.47. The van der Waals surface area contributed by atoms with Crippen molar-refractivity contribution in [1.29, 1.82) is 0 Å². The Bertz CT molecular complexity index is 878. The highest BCUT2D eigenvalue weighted by Crippen LogP contribution is 2.28. The highest BCUT2D eigenvalue weighted by atomic mass is 32.2. The molecule has 0 saturated heterocycles. The molecule has 1 amide bonds. The predicted octanol–water partition coefficient (Wildman–Crippen LogP) is 3.22. The van der Waals surface area contributed by atoms with E-state index < -0.39 is 10.0 Å². The number of hydrogen-bond donors (Lipinski definition) is 1. The summed E-state index contributed by atoms with van der Waals surface area (Å²) in [4.78, 5) is 12.6. The Labute approximate surface area is 161 Å². The van der Waals surface area contributed by atoms with Crippen molar-refractivity contribution in [2.45, 2.75) is 31.7 Å². The van der Waals surface area contributed by atoms with Crippen LogP contribution in [-0.4, -0.2) is 38.8 Å². The molecule has 0 aliphatic heterocycles. The van der Waals surface area contributed by atoms with Gasteiger partial charge in [0.2, 0.25) is 10.0 Å². The highest BCUT2D eigenvalue weighted by molar-refractivity contribution is 7.89. The van der Waals surface area contributed by atoms with Crippen LogP contribution in [0, 0.1) is 0 Å². The molecular formula is C20H26N2O4S. The molecule has 0 bridgehead atoms. The number of ether oxygens (including phenoxy) is 1. The van der Waals surface area contributed by atoms with Crippen molar-refractivity contribution < 1.29 is 17.9 Å². The van der Waals surface area contributed by atoms with Crippen LogP contribution in [0.3, 0.4) is 0 Å². The zero-order chi connectivity index (χ0) is 20.0. The summed E-state index contributed by atoms with van der Waals surface area (Å²) in [5, 5.41) is 2.90. The number of amides is 1. The third kappa shape index (κ3) is 4.67. The Kier molecular flexibility index (Phi) is 6.98. The Morgan fingerprint density at radius 1 is 1.11 bits per heavy atom. The number of nitrogens with zero attached hydrogens (tertiary/aromatic N) is 1. The molecule has 0 spiro atoms. The Morgan fingerprint density at radius 3 is 2.30 bits per heavy atom. The molecule has 0 saturated carbocycles. The fourth-order valence-electron chi connectivity index (χ4n) is 2.83. The van der Waals surface area contributed by atoms with Gasteiger partial charge in [0, 0.05) is 18.7 Å². The van der Waals surface area contributed by atoms with E-state index in [0.717, 1.165) is 5.56 Å². The third-order valence-electron chi connectivity index (χ3n) is 4.40. The molecule has 1 N–H and O–H groups in total. The summed E-state index contributed by atoms with van der Waals surface area (Å²) >= 11 is 0. The lowest BCUT2D eigenvalue weighted by atomic mass is 10.1. The summed E-state index contributed by atoms with van der Waals surface area (Å²) in [5.41, 5.74) is 1.24. The van der Waals surface area contributed by atoms with Gasteiger partial charge in [0.05, 0.1) is 13.2 Å². The van der Waals surface area contributed by atoms with E-state index in [1.165, 1.54) is 23.5 Å². The Hall–Kier alpha value is -2.38. The van der Waals surface area contributed by atoms with Crippen LogP contribution < -0.4 is 10.1 Å². The lowest BCUT2D eigenvalue weighted by Gasteiger charge is -2.21. The zero-order valence-corrected chi connectivity index (χ0v) is 16.9. The van der Waals surface area contributed by atoms with Crippen molar-refractivity contribution in [3.05, 3.63) is 59.7 Å². The van der Waals surface area contributed by atoms with Gasteiger partial charge in [-0.3, -0.25) is 4.79 Å². The topological polar surface area (TPSA) is 75.7 Å². The second-order valence-corrected chi connectivity index (χ2v) is 7.97. The lowest BCUT2D eigenvalue weighted by molar-refractivity contribution is 0.0939. The molecule has 146 valence electrons. The minimum Gasteiger partial charge on any atom is -0.495 e. The summed E-state index contributed by atoms with van der Waals surface area (Å²) in [6.45, 7) is 6.09. The van der Waals surface area contributed by atoms with Gasteiger partial charge in [0.15, 0.2) is 0 Å². The number of carbonyl (C=O) groups excluding carboxylic acids is 1. The van der Waals surface area contributed by atoms with Crippen LogP contribution in [0.2, 0.25) is 0 Å². The molecular weight excluding hydrogens is 364 g/mol. The highest BCUT2D eigenvalue weighted by Gasteiger charge is 2.27. The first-order valence-corrected chi connectivity index (χ1v) is 10.3. The summed E-state index contributed by atoms with van der Waals surface area (Å²) in [6.07, 6.45) is 0. The largest absolute Gasteiger partial charge is 0.495 e. The van der Waals surface area contributed by atoms with Crippen molar-refractivity contribution in [2.75, 3.05) is 20.2 Å². The zero-order valence-electron chi connectivity index (χ0n) is 16.1. The lowest BCUT2D eigenvalue weighted by Crippen LogP contribution is -2.31. The molecule has 0 heterocycles. The average molecular weight is 391 g/mol. The van der Waals surface area contributed by atoms with Gasteiger partial charge in [-0.05, 0) is 30.7 Å². The van der Waals surface area contributed by atoms with E-state index in [0.29, 0.717) is 13.1 Å². The number of rotatable bonds is 8. The number of methoxy groups -OCH3 is 1. The molecule has 7 heteroatoms. The summed E-state index contributed by atoms with van der Waals surface area (Å²) < 4.78 is 32.4. The SMILES string of the molecule is CCN(CC)S(=O)(=O)c1cc(C(=O)N[C@@H](C)c2ccccc2)ccc1OC. The van der Waals surface area contributed by atoms with Crippen molar-refractivity contribution in [3.63, 3.8) is 0 Å². The van der Waals surface area contributed by atoms with Crippen molar-refractivity contribution in [1.82, 2.24) is 9.62 Å². The van der Waals surface area contributed by atoms with Crippen LogP contribution in [-0.2, 0) is 10.0 Å². The normalized spacial score (nSPS) is 12.6. The van der Waals surface area contributed by atoms with Gasteiger partial charge in [-0.1, -0.05) is 44.2 Å². The molecule has 2 rings (SSSR count). The maximum Gasteiger partial charge on any atom is 0.251 e. The second-order valence-electron chi connectivity index (χ2n) is 6.06. The summed E-state index contributed by atoms with van der Waals surface area (Å²) in [7, 11) is -2.34. The van der Waals surface area contributed by atoms with Gasteiger partial charge >= 0.3 is 0 Å². The van der Waals surface area contributed by atoms with E-state index in [4.69, 9.17) is 4.74 Å². The van der Waals surface area contributed by atoms with E-state index in [1.807, 2.05) is 37.3 Å². The predicted molar refractivity (Wildman–Crippen MR) is 105 cm³/mol. The standard InChI is InChI=1S/C20H26N2O4S/c1-5-22(6-2)27(24,25)19-14-17(12-13-18(19)26-4)20(23)21-15(3)16-10-8-7-9-11-16/h7-15H,5-6H2,1-4H3,(H,21,23)/t15-/m0/s1. The summed E-state index contributed by atoms with van der Waals surface area (Å²) in [5.74, 6) is -0.125. The van der Waals surface area contributed by atoms with E-state index >= 15 is 0 Å². The van der Waals surface area contributed by atoms with Gasteiger partial charge in [0.1, 0.15) is 10.6 Å². The van der Waals surface area contributed by atoms with Gasteiger partial charge in [-0.15, -0.1) is 0 Å². The quantitative estimate of drug-likeness (QED) is 0.751. The molecule has 0 aliphatic rings. The minimum atomic E-state index is -3.75. The smallest absolute Gasteiger partial charge is 0.251 e. The average Bonchev–Trinajstić information content (AvgIpc) is 2.68. The minimum absolute atomic E-state index is 0.00582. The first kappa shape index (κ1) is 20.9. The van der Waals surface area contributed by atoms with Crippen LogP contribution in [0.15, 0.2) is 53.4 Å². The molecule has 0 aromatic heterocycles. The number of sulfonamides is 1. The summed E-state index contributed by atoms with van der Waals surface area (Å²) in [6, 6.07) is 13.8. The van der Waals surface area contributed by atoms with Gasteiger partial charge in [0.25, 0.3) is 5.91 Å². The first-order valence-electron chi connectivity index (χ1n) is 8.89. The van der Waals surface area contributed by atoms with Crippen LogP contribution in [0.5, 0.6) is 5.75 Å². The fourth-order valence-corrected chi connectivity index (χ4v) is 4.47. The molecule has 0 fully saturated rings. The molecule has 0 unspecified atom stereocenters. The second kappa shape index (κ2) is 9.01. The number of carbonyl (C=O) groups is 1. The fraction of sp³-hybridized carbons (Fsp3) is 0.350. The molecule has 6 nitrogen and oxygen atoms in total.